The first kappa shape index (κ1) is 19.7. The van der Waals surface area contributed by atoms with E-state index in [4.69, 9.17) is 20.8 Å². The van der Waals surface area contributed by atoms with Crippen molar-refractivity contribution in [3.05, 3.63) is 71.4 Å². The van der Waals surface area contributed by atoms with Crippen molar-refractivity contribution in [2.45, 2.75) is 4.90 Å². The average molecular weight is 425 g/mol. The summed E-state index contributed by atoms with van der Waals surface area (Å²) in [5, 5.41) is 2.63. The van der Waals surface area contributed by atoms with E-state index < -0.39 is 21.7 Å². The van der Waals surface area contributed by atoms with E-state index >= 15 is 0 Å². The number of furan rings is 1. The summed E-state index contributed by atoms with van der Waals surface area (Å²) >= 11 is 5.65. The Labute approximate surface area is 165 Å². The zero-order valence-corrected chi connectivity index (χ0v) is 16.0. The molecule has 2 aromatic carbocycles. The summed E-state index contributed by atoms with van der Waals surface area (Å²) in [6, 6.07) is 11.6. The normalized spacial score (nSPS) is 11.1. The molecule has 0 bridgehead atoms. The molecule has 0 aliphatic carbocycles. The molecule has 1 heterocycles. The van der Waals surface area contributed by atoms with Gasteiger partial charge in [0, 0.05) is 5.69 Å². The lowest BCUT2D eigenvalue weighted by molar-refractivity contribution is 0.0996. The number of carbonyl (C=O) groups excluding carboxylic acids is 1. The highest BCUT2D eigenvalue weighted by Gasteiger charge is 2.18. The van der Waals surface area contributed by atoms with Crippen molar-refractivity contribution in [3.8, 4) is 5.75 Å². The van der Waals surface area contributed by atoms with Crippen LogP contribution in [0.4, 0.5) is 15.8 Å². The zero-order valence-electron chi connectivity index (χ0n) is 14.4. The second-order valence-electron chi connectivity index (χ2n) is 5.53. The molecular formula is C18H14ClFN2O5S. The molecule has 7 nitrogen and oxygen atoms in total. The van der Waals surface area contributed by atoms with Crippen LogP contribution in [0.5, 0.6) is 5.75 Å². The van der Waals surface area contributed by atoms with Crippen LogP contribution in [0.25, 0.3) is 0 Å². The first-order valence-corrected chi connectivity index (χ1v) is 9.68. The Bertz CT molecular complexity index is 1110. The summed E-state index contributed by atoms with van der Waals surface area (Å²) in [5.74, 6) is -0.900. The maximum atomic E-state index is 13.0. The van der Waals surface area contributed by atoms with Gasteiger partial charge in [-0.2, -0.15) is 0 Å². The number of anilines is 2. The van der Waals surface area contributed by atoms with Gasteiger partial charge in [-0.1, -0.05) is 0 Å². The molecular weight excluding hydrogens is 411 g/mol. The van der Waals surface area contributed by atoms with Gasteiger partial charge >= 0.3 is 0 Å². The molecule has 1 aromatic heterocycles. The second kappa shape index (κ2) is 7.91. The number of carbonyl (C=O) groups is 1. The standard InChI is InChI=1S/C18H14ClFN2O5S/c1-26-15-7-4-12(21-18(23)16-8-9-17(19)27-16)10-14(15)22-28(24,25)13-5-2-11(20)3-6-13/h2-10,22H,1H3,(H,21,23). The van der Waals surface area contributed by atoms with E-state index in [1.165, 1.54) is 37.4 Å². The van der Waals surface area contributed by atoms with Gasteiger partial charge in [0.1, 0.15) is 11.6 Å². The summed E-state index contributed by atoms with van der Waals surface area (Å²) in [6.07, 6.45) is 0. The SMILES string of the molecule is COc1ccc(NC(=O)c2ccc(Cl)o2)cc1NS(=O)(=O)c1ccc(F)cc1. The van der Waals surface area contributed by atoms with Gasteiger partial charge in [-0.3, -0.25) is 9.52 Å². The van der Waals surface area contributed by atoms with Crippen LogP contribution in [0, 0.1) is 5.82 Å². The molecule has 3 aromatic rings. The van der Waals surface area contributed by atoms with E-state index in [1.54, 1.807) is 0 Å². The first-order chi connectivity index (χ1) is 13.3. The highest BCUT2D eigenvalue weighted by atomic mass is 35.5. The zero-order chi connectivity index (χ0) is 20.3. The van der Waals surface area contributed by atoms with E-state index in [-0.39, 0.29) is 33.0 Å². The number of hydrogen-bond acceptors (Lipinski definition) is 5. The topological polar surface area (TPSA) is 97.6 Å². The highest BCUT2D eigenvalue weighted by molar-refractivity contribution is 7.92. The smallest absolute Gasteiger partial charge is 0.291 e. The number of ether oxygens (including phenoxy) is 1. The van der Waals surface area contributed by atoms with E-state index in [0.717, 1.165) is 24.3 Å². The summed E-state index contributed by atoms with van der Waals surface area (Å²) in [5.41, 5.74) is 0.372. The van der Waals surface area contributed by atoms with Crippen LogP contribution < -0.4 is 14.8 Å². The Morgan fingerprint density at radius 2 is 1.82 bits per heavy atom. The van der Waals surface area contributed by atoms with Crippen LogP contribution in [0.3, 0.4) is 0 Å². The molecule has 0 fully saturated rings. The number of rotatable bonds is 6. The number of amides is 1. The van der Waals surface area contributed by atoms with Gasteiger partial charge in [0.2, 0.25) is 0 Å². The van der Waals surface area contributed by atoms with Crippen LogP contribution in [0.1, 0.15) is 10.6 Å². The van der Waals surface area contributed by atoms with Crippen LogP contribution in [0.15, 0.2) is 63.9 Å². The van der Waals surface area contributed by atoms with Gasteiger partial charge in [-0.25, -0.2) is 12.8 Å². The largest absolute Gasteiger partial charge is 0.495 e. The van der Waals surface area contributed by atoms with Gasteiger partial charge in [0.15, 0.2) is 11.0 Å². The molecule has 28 heavy (non-hydrogen) atoms. The molecule has 0 spiro atoms. The van der Waals surface area contributed by atoms with Gasteiger partial charge in [-0.15, -0.1) is 0 Å². The lowest BCUT2D eigenvalue weighted by Crippen LogP contribution is -2.15. The number of benzene rings is 2. The van der Waals surface area contributed by atoms with Crippen molar-refractivity contribution >= 4 is 38.9 Å². The molecule has 0 atom stereocenters. The van der Waals surface area contributed by atoms with Crippen molar-refractivity contribution in [2.24, 2.45) is 0 Å². The Balaban J connectivity index is 1.86. The number of hydrogen-bond donors (Lipinski definition) is 2. The predicted octanol–water partition coefficient (Wildman–Crippen LogP) is 4.13. The first-order valence-electron chi connectivity index (χ1n) is 7.81. The molecule has 0 saturated heterocycles. The molecule has 146 valence electrons. The third kappa shape index (κ3) is 4.44. The minimum Gasteiger partial charge on any atom is -0.495 e. The van der Waals surface area contributed by atoms with E-state index in [1.807, 2.05) is 0 Å². The lowest BCUT2D eigenvalue weighted by Gasteiger charge is -2.14. The number of sulfonamides is 1. The number of halogens is 2. The van der Waals surface area contributed by atoms with Crippen molar-refractivity contribution in [2.75, 3.05) is 17.1 Å². The molecule has 1 amide bonds. The predicted molar refractivity (Wildman–Crippen MR) is 102 cm³/mol. The fourth-order valence-corrected chi connectivity index (χ4v) is 3.52. The fraction of sp³-hybridized carbons (Fsp3) is 0.0556. The van der Waals surface area contributed by atoms with Gasteiger partial charge < -0.3 is 14.5 Å². The van der Waals surface area contributed by atoms with Crippen molar-refractivity contribution < 1.29 is 26.8 Å². The van der Waals surface area contributed by atoms with E-state index in [9.17, 15) is 17.6 Å². The van der Waals surface area contributed by atoms with Crippen LogP contribution in [-0.4, -0.2) is 21.4 Å². The Hall–Kier alpha value is -3.04. The lowest BCUT2D eigenvalue weighted by atomic mass is 10.2. The summed E-state index contributed by atoms with van der Waals surface area (Å²) in [6.45, 7) is 0. The third-order valence-electron chi connectivity index (χ3n) is 3.62. The highest BCUT2D eigenvalue weighted by Crippen LogP contribution is 2.30. The molecule has 0 saturated carbocycles. The molecule has 0 aliphatic heterocycles. The summed E-state index contributed by atoms with van der Waals surface area (Å²) < 4.78 is 50.7. The minimum atomic E-state index is -4.00. The van der Waals surface area contributed by atoms with E-state index in [0.29, 0.717) is 0 Å². The second-order valence-corrected chi connectivity index (χ2v) is 7.59. The Morgan fingerprint density at radius 1 is 1.11 bits per heavy atom. The maximum absolute atomic E-state index is 13.0. The quantitative estimate of drug-likeness (QED) is 0.620. The number of methoxy groups -OCH3 is 1. The van der Waals surface area contributed by atoms with Gasteiger partial charge in [0.25, 0.3) is 15.9 Å². The monoisotopic (exact) mass is 424 g/mol. The van der Waals surface area contributed by atoms with Crippen LogP contribution in [-0.2, 0) is 10.0 Å². The van der Waals surface area contributed by atoms with Crippen molar-refractivity contribution in [1.82, 2.24) is 0 Å². The van der Waals surface area contributed by atoms with Crippen molar-refractivity contribution in [3.63, 3.8) is 0 Å². The van der Waals surface area contributed by atoms with Crippen LogP contribution >= 0.6 is 11.6 Å². The molecule has 0 unspecified atom stereocenters. The summed E-state index contributed by atoms with van der Waals surface area (Å²) in [4.78, 5) is 12.0. The summed E-state index contributed by atoms with van der Waals surface area (Å²) in [7, 11) is -2.63. The van der Waals surface area contributed by atoms with Gasteiger partial charge in [0.05, 0.1) is 17.7 Å². The van der Waals surface area contributed by atoms with Crippen molar-refractivity contribution in [1.29, 1.82) is 0 Å². The molecule has 10 heteroatoms. The third-order valence-corrected chi connectivity index (χ3v) is 5.21. The minimum absolute atomic E-state index is 0.00531. The number of nitrogens with one attached hydrogen (secondary N) is 2. The Kier molecular flexibility index (Phi) is 5.57. The molecule has 3 rings (SSSR count). The van der Waals surface area contributed by atoms with Crippen LogP contribution in [0.2, 0.25) is 5.22 Å². The maximum Gasteiger partial charge on any atom is 0.291 e. The molecule has 2 N–H and O–H groups in total. The fourth-order valence-electron chi connectivity index (χ4n) is 2.31. The molecule has 0 aliphatic rings. The Morgan fingerprint density at radius 3 is 2.43 bits per heavy atom. The van der Waals surface area contributed by atoms with Gasteiger partial charge in [-0.05, 0) is 66.2 Å². The van der Waals surface area contributed by atoms with E-state index in [2.05, 4.69) is 10.0 Å². The molecule has 0 radical (unpaired) electrons. The average Bonchev–Trinajstić information content (AvgIpc) is 3.08.